The molecule has 94 valence electrons. The number of rotatable bonds is 1. The van der Waals surface area contributed by atoms with Gasteiger partial charge in [0.25, 0.3) is 5.56 Å². The second kappa shape index (κ2) is 4.37. The Bertz CT molecular complexity index is 868. The molecule has 1 aromatic carbocycles. The second-order valence-corrected chi connectivity index (χ2v) is 4.33. The van der Waals surface area contributed by atoms with E-state index in [-0.39, 0.29) is 5.82 Å². The molecule has 1 N–H and O–H groups in total. The zero-order valence-electron chi connectivity index (χ0n) is 9.63. The molecule has 0 saturated carbocycles. The molecule has 0 atom stereocenters. The molecule has 0 unspecified atom stereocenters. The predicted octanol–water partition coefficient (Wildman–Crippen LogP) is 1.73. The van der Waals surface area contributed by atoms with E-state index in [4.69, 9.17) is 11.6 Å². The van der Waals surface area contributed by atoms with E-state index < -0.39 is 11.2 Å². The summed E-state index contributed by atoms with van der Waals surface area (Å²) in [6.07, 6.45) is 1.52. The van der Waals surface area contributed by atoms with E-state index >= 15 is 0 Å². The van der Waals surface area contributed by atoms with Gasteiger partial charge in [0.05, 0.1) is 15.9 Å². The van der Waals surface area contributed by atoms with E-state index in [1.54, 1.807) is 36.4 Å². The molecule has 0 aliphatic heterocycles. The standard InChI is InChI=1S/C13H8ClN3O2/c14-9-5-3-4-8-11(9)16-13(19)17(12(8)18)10-6-1-2-7-15-10/h1-7H,(H,16,19). The van der Waals surface area contributed by atoms with Crippen LogP contribution in [0.5, 0.6) is 0 Å². The third-order valence-electron chi connectivity index (χ3n) is 2.76. The molecule has 0 aliphatic carbocycles. The van der Waals surface area contributed by atoms with Crippen molar-refractivity contribution in [3.05, 3.63) is 68.5 Å². The van der Waals surface area contributed by atoms with E-state index in [9.17, 15) is 9.59 Å². The first kappa shape index (κ1) is 11.7. The molecule has 0 spiro atoms. The van der Waals surface area contributed by atoms with Gasteiger partial charge in [0.2, 0.25) is 0 Å². The van der Waals surface area contributed by atoms with E-state index in [2.05, 4.69) is 9.97 Å². The summed E-state index contributed by atoms with van der Waals surface area (Å²) in [7, 11) is 0. The lowest BCUT2D eigenvalue weighted by Crippen LogP contribution is -2.34. The predicted molar refractivity (Wildman–Crippen MR) is 73.0 cm³/mol. The van der Waals surface area contributed by atoms with Gasteiger partial charge in [0.15, 0.2) is 0 Å². The molecule has 0 saturated heterocycles. The molecule has 0 amide bonds. The van der Waals surface area contributed by atoms with Crippen LogP contribution in [0.4, 0.5) is 0 Å². The largest absolute Gasteiger partial charge is 0.334 e. The maximum absolute atomic E-state index is 12.3. The smallest absolute Gasteiger partial charge is 0.305 e. The lowest BCUT2D eigenvalue weighted by molar-refractivity contribution is 0.868. The van der Waals surface area contributed by atoms with E-state index in [1.165, 1.54) is 6.20 Å². The molecule has 0 bridgehead atoms. The molecular weight excluding hydrogens is 266 g/mol. The van der Waals surface area contributed by atoms with Crippen LogP contribution in [0, 0.1) is 0 Å². The number of aromatic nitrogens is 3. The van der Waals surface area contributed by atoms with E-state index in [0.29, 0.717) is 15.9 Å². The van der Waals surface area contributed by atoms with Gasteiger partial charge < -0.3 is 4.98 Å². The molecule has 3 rings (SSSR count). The average molecular weight is 274 g/mol. The van der Waals surface area contributed by atoms with Crippen LogP contribution in [0.15, 0.2) is 52.2 Å². The first-order valence-corrected chi connectivity index (χ1v) is 5.91. The van der Waals surface area contributed by atoms with Crippen LogP contribution >= 0.6 is 11.6 Å². The van der Waals surface area contributed by atoms with Crippen molar-refractivity contribution >= 4 is 22.5 Å². The zero-order chi connectivity index (χ0) is 13.4. The Morgan fingerprint density at radius 3 is 2.68 bits per heavy atom. The Morgan fingerprint density at radius 2 is 1.95 bits per heavy atom. The Labute approximate surface area is 112 Å². The summed E-state index contributed by atoms with van der Waals surface area (Å²) in [4.78, 5) is 31.0. The second-order valence-electron chi connectivity index (χ2n) is 3.92. The van der Waals surface area contributed by atoms with Crippen molar-refractivity contribution in [2.24, 2.45) is 0 Å². The maximum Gasteiger partial charge on any atom is 0.334 e. The lowest BCUT2D eigenvalue weighted by atomic mass is 10.2. The van der Waals surface area contributed by atoms with Gasteiger partial charge in [-0.1, -0.05) is 23.7 Å². The Hall–Kier alpha value is -2.40. The SMILES string of the molecule is O=c1[nH]c2c(Cl)cccc2c(=O)n1-c1ccccn1. The first-order valence-electron chi connectivity index (χ1n) is 5.53. The summed E-state index contributed by atoms with van der Waals surface area (Å²) in [5.74, 6) is 0.274. The minimum atomic E-state index is -0.565. The molecule has 0 fully saturated rings. The molecular formula is C13H8ClN3O2. The van der Waals surface area contributed by atoms with Crippen molar-refractivity contribution in [2.75, 3.05) is 0 Å². The van der Waals surface area contributed by atoms with Crippen LogP contribution < -0.4 is 11.2 Å². The summed E-state index contributed by atoms with van der Waals surface area (Å²) in [6.45, 7) is 0. The fourth-order valence-corrected chi connectivity index (χ4v) is 2.12. The third kappa shape index (κ3) is 1.84. The molecule has 6 heteroatoms. The van der Waals surface area contributed by atoms with Crippen molar-refractivity contribution in [3.8, 4) is 5.82 Å². The third-order valence-corrected chi connectivity index (χ3v) is 3.08. The fraction of sp³-hybridized carbons (Fsp3) is 0. The molecule has 0 aliphatic rings. The monoisotopic (exact) mass is 273 g/mol. The quantitative estimate of drug-likeness (QED) is 0.734. The summed E-state index contributed by atoms with van der Waals surface area (Å²) in [5, 5.41) is 0.678. The van der Waals surface area contributed by atoms with E-state index in [1.807, 2.05) is 0 Å². The van der Waals surface area contributed by atoms with Crippen molar-refractivity contribution in [2.45, 2.75) is 0 Å². The number of benzene rings is 1. The van der Waals surface area contributed by atoms with Gasteiger partial charge in [-0.25, -0.2) is 14.3 Å². The number of para-hydroxylation sites is 1. The van der Waals surface area contributed by atoms with Gasteiger partial charge in [0, 0.05) is 6.20 Å². The normalized spacial score (nSPS) is 10.8. The van der Waals surface area contributed by atoms with Crippen molar-refractivity contribution in [3.63, 3.8) is 0 Å². The minimum absolute atomic E-state index is 0.274. The van der Waals surface area contributed by atoms with Crippen LogP contribution in [0.1, 0.15) is 0 Å². The highest BCUT2D eigenvalue weighted by Crippen LogP contribution is 2.17. The molecule has 5 nitrogen and oxygen atoms in total. The van der Waals surface area contributed by atoms with Crippen LogP contribution in [-0.4, -0.2) is 14.5 Å². The lowest BCUT2D eigenvalue weighted by Gasteiger charge is -2.05. The number of hydrogen-bond acceptors (Lipinski definition) is 3. The topological polar surface area (TPSA) is 67.8 Å². The summed E-state index contributed by atoms with van der Waals surface area (Å²) in [6, 6.07) is 9.89. The number of nitrogens with one attached hydrogen (secondary N) is 1. The number of H-pyrrole nitrogens is 1. The van der Waals surface area contributed by atoms with E-state index in [0.717, 1.165) is 4.57 Å². The van der Waals surface area contributed by atoms with Crippen molar-refractivity contribution in [1.29, 1.82) is 0 Å². The Kier molecular flexibility index (Phi) is 2.68. The van der Waals surface area contributed by atoms with Crippen molar-refractivity contribution in [1.82, 2.24) is 14.5 Å². The van der Waals surface area contributed by atoms with Crippen LogP contribution in [0.25, 0.3) is 16.7 Å². The van der Waals surface area contributed by atoms with Gasteiger partial charge in [-0.2, -0.15) is 0 Å². The number of fused-ring (bicyclic) bond motifs is 1. The maximum atomic E-state index is 12.3. The van der Waals surface area contributed by atoms with Gasteiger partial charge >= 0.3 is 5.69 Å². The number of nitrogens with zero attached hydrogens (tertiary/aromatic N) is 2. The molecule has 2 aromatic heterocycles. The summed E-state index contributed by atoms with van der Waals surface area (Å²) >= 11 is 5.97. The number of halogens is 1. The first-order chi connectivity index (χ1) is 9.18. The van der Waals surface area contributed by atoms with Gasteiger partial charge in [-0.15, -0.1) is 0 Å². The Morgan fingerprint density at radius 1 is 1.11 bits per heavy atom. The van der Waals surface area contributed by atoms with Gasteiger partial charge in [0.1, 0.15) is 5.82 Å². The highest BCUT2D eigenvalue weighted by atomic mass is 35.5. The Balaban J connectivity index is 2.47. The molecule has 3 aromatic rings. The van der Waals surface area contributed by atoms with Crippen LogP contribution in [-0.2, 0) is 0 Å². The zero-order valence-corrected chi connectivity index (χ0v) is 10.4. The molecule has 2 heterocycles. The number of hydrogen-bond donors (Lipinski definition) is 1. The number of aromatic amines is 1. The summed E-state index contributed by atoms with van der Waals surface area (Å²) in [5.41, 5.74) is -0.671. The van der Waals surface area contributed by atoms with Crippen LogP contribution in [0.2, 0.25) is 5.02 Å². The average Bonchev–Trinajstić information content (AvgIpc) is 2.41. The summed E-state index contributed by atoms with van der Waals surface area (Å²) < 4.78 is 0.985. The number of pyridine rings is 1. The van der Waals surface area contributed by atoms with Gasteiger partial charge in [-0.05, 0) is 24.3 Å². The molecule has 19 heavy (non-hydrogen) atoms. The highest BCUT2D eigenvalue weighted by Gasteiger charge is 2.11. The van der Waals surface area contributed by atoms with Crippen molar-refractivity contribution < 1.29 is 0 Å². The minimum Gasteiger partial charge on any atom is -0.305 e. The van der Waals surface area contributed by atoms with Crippen LogP contribution in [0.3, 0.4) is 0 Å². The highest BCUT2D eigenvalue weighted by molar-refractivity contribution is 6.34. The van der Waals surface area contributed by atoms with Gasteiger partial charge in [-0.3, -0.25) is 4.79 Å². The fourth-order valence-electron chi connectivity index (χ4n) is 1.90. The molecule has 0 radical (unpaired) electrons.